The fourth-order valence-corrected chi connectivity index (χ4v) is 0.267. The molecule has 1 N–H and O–H groups in total. The van der Waals surface area contributed by atoms with Gasteiger partial charge in [-0.1, -0.05) is 6.58 Å². The van der Waals surface area contributed by atoms with Gasteiger partial charge in [0.05, 0.1) is 0 Å². The van der Waals surface area contributed by atoms with E-state index in [1.54, 1.807) is 5.48 Å². The molecule has 0 fully saturated rings. The van der Waals surface area contributed by atoms with Gasteiger partial charge in [-0.3, -0.25) is 4.79 Å². The largest absolute Gasteiger partial charge is 1.00 e. The molecule has 0 saturated heterocycles. The van der Waals surface area contributed by atoms with Crippen LogP contribution in [0.1, 0.15) is 0 Å². The maximum atomic E-state index is 10.1. The van der Waals surface area contributed by atoms with Gasteiger partial charge in [0.1, 0.15) is 11.4 Å². The molecule has 0 aliphatic heterocycles. The van der Waals surface area contributed by atoms with Crippen LogP contribution in [0.4, 0.5) is 0 Å². The van der Waals surface area contributed by atoms with Crippen molar-refractivity contribution < 1.29 is 69.2 Å². The first kappa shape index (κ1) is 13.5. The Morgan fingerprint density at radius 1 is 1.80 bits per heavy atom. The molecular formula is C3H4KNO4S. The third-order valence-corrected chi connectivity index (χ3v) is 0.615. The molecule has 0 aliphatic carbocycles. The smallest absolute Gasteiger partial charge is 0.748 e. The number of rotatable bonds is 3. The van der Waals surface area contributed by atoms with Crippen molar-refractivity contribution in [3.05, 3.63) is 12.7 Å². The predicted octanol–water partition coefficient (Wildman–Crippen LogP) is -3.98. The molecule has 52 valence electrons. The second-order valence-electron chi connectivity index (χ2n) is 0.958. The molecular weight excluding hydrogens is 185 g/mol. The molecule has 1 amide bonds. The number of hydrogen-bond acceptors (Lipinski definition) is 4. The maximum absolute atomic E-state index is 10.1. The van der Waals surface area contributed by atoms with E-state index in [2.05, 4.69) is 10.9 Å². The molecule has 0 radical (unpaired) electrons. The van der Waals surface area contributed by atoms with Gasteiger partial charge in [-0.15, -0.1) is 0 Å². The quantitative estimate of drug-likeness (QED) is 0.212. The van der Waals surface area contributed by atoms with Crippen LogP contribution >= 0.6 is 0 Å². The summed E-state index contributed by atoms with van der Waals surface area (Å²) in [4.78, 5) is 10.1. The number of nitrogens with one attached hydrogen (secondary N) is 1. The van der Waals surface area contributed by atoms with Crippen LogP contribution in [-0.4, -0.2) is 14.7 Å². The van der Waals surface area contributed by atoms with Crippen LogP contribution in [0.2, 0.25) is 0 Å². The fourth-order valence-electron chi connectivity index (χ4n) is 0.117. The van der Waals surface area contributed by atoms with Crippen LogP contribution in [-0.2, 0) is 20.4 Å². The summed E-state index contributed by atoms with van der Waals surface area (Å²) in [7, 11) is 0. The van der Waals surface area contributed by atoms with Crippen LogP contribution in [0.15, 0.2) is 12.7 Å². The van der Waals surface area contributed by atoms with Gasteiger partial charge in [-0.2, -0.15) is 4.28 Å². The zero-order valence-corrected chi connectivity index (χ0v) is 9.27. The summed E-state index contributed by atoms with van der Waals surface area (Å²) < 4.78 is 22.7. The second-order valence-corrected chi connectivity index (χ2v) is 1.53. The van der Waals surface area contributed by atoms with Gasteiger partial charge in [-0.25, -0.2) is 9.69 Å². The standard InChI is InChI=1S/C3H5NO4S.K/c1-2-3(5)4-8-9(6)7;/h2H,1H2,(H,4,5)(H,6,7);/q;+1/p-1. The maximum Gasteiger partial charge on any atom is 1.00 e. The minimum absolute atomic E-state index is 0. The first-order valence-electron chi connectivity index (χ1n) is 1.86. The van der Waals surface area contributed by atoms with Crippen LogP contribution in [0.25, 0.3) is 0 Å². The summed E-state index contributed by atoms with van der Waals surface area (Å²) in [5.74, 6) is -0.709. The molecule has 0 bridgehead atoms. The van der Waals surface area contributed by atoms with E-state index >= 15 is 0 Å². The minimum Gasteiger partial charge on any atom is -0.748 e. The van der Waals surface area contributed by atoms with Crippen molar-refractivity contribution in [1.29, 1.82) is 0 Å². The monoisotopic (exact) mass is 189 g/mol. The number of hydroxylamine groups is 1. The molecule has 0 aromatic heterocycles. The van der Waals surface area contributed by atoms with Crippen molar-refractivity contribution in [3.8, 4) is 0 Å². The van der Waals surface area contributed by atoms with E-state index in [1.807, 2.05) is 0 Å². The van der Waals surface area contributed by atoms with E-state index in [1.165, 1.54) is 0 Å². The predicted molar refractivity (Wildman–Crippen MR) is 28.3 cm³/mol. The molecule has 1 atom stereocenters. The summed E-state index contributed by atoms with van der Waals surface area (Å²) in [5.41, 5.74) is 1.56. The summed E-state index contributed by atoms with van der Waals surface area (Å²) >= 11 is -2.72. The van der Waals surface area contributed by atoms with E-state index in [0.29, 0.717) is 0 Å². The first-order valence-corrected chi connectivity index (χ1v) is 2.86. The van der Waals surface area contributed by atoms with Crippen LogP contribution in [0.3, 0.4) is 0 Å². The summed E-state index contributed by atoms with van der Waals surface area (Å²) in [6.07, 6.45) is 0.882. The van der Waals surface area contributed by atoms with Gasteiger partial charge in [0, 0.05) is 0 Å². The molecule has 0 aliphatic rings. The molecule has 5 nitrogen and oxygen atoms in total. The SMILES string of the molecule is C=CC(=O)NOS(=O)[O-].[K+]. The topological polar surface area (TPSA) is 78.5 Å². The zero-order valence-electron chi connectivity index (χ0n) is 5.33. The third kappa shape index (κ3) is 8.92. The Morgan fingerprint density at radius 2 is 2.30 bits per heavy atom. The Balaban J connectivity index is 0. The van der Waals surface area contributed by atoms with E-state index in [0.717, 1.165) is 6.08 Å². The molecule has 0 aromatic rings. The fraction of sp³-hybridized carbons (Fsp3) is 0. The van der Waals surface area contributed by atoms with Gasteiger partial charge in [0.25, 0.3) is 5.91 Å². The van der Waals surface area contributed by atoms with E-state index in [4.69, 9.17) is 0 Å². The van der Waals surface area contributed by atoms with Crippen molar-refractivity contribution in [1.82, 2.24) is 5.48 Å². The number of carbonyl (C=O) groups is 1. The summed E-state index contributed by atoms with van der Waals surface area (Å²) in [5, 5.41) is 0. The molecule has 0 aromatic carbocycles. The van der Waals surface area contributed by atoms with Gasteiger partial charge in [0.2, 0.25) is 0 Å². The van der Waals surface area contributed by atoms with Crippen molar-refractivity contribution in [2.45, 2.75) is 0 Å². The van der Waals surface area contributed by atoms with Gasteiger partial charge >= 0.3 is 51.4 Å². The van der Waals surface area contributed by atoms with E-state index in [-0.39, 0.29) is 51.4 Å². The molecule has 0 spiro atoms. The Kier molecular flexibility index (Phi) is 10.8. The number of carbonyl (C=O) groups excluding carboxylic acids is 1. The average Bonchev–Trinajstić information content (AvgIpc) is 1.83. The molecule has 7 heteroatoms. The van der Waals surface area contributed by atoms with E-state index in [9.17, 15) is 13.6 Å². The molecule has 1 unspecified atom stereocenters. The van der Waals surface area contributed by atoms with Gasteiger partial charge in [0.15, 0.2) is 0 Å². The number of amides is 1. The van der Waals surface area contributed by atoms with Crippen LogP contribution in [0.5, 0.6) is 0 Å². The second kappa shape index (κ2) is 8.02. The van der Waals surface area contributed by atoms with Gasteiger partial charge < -0.3 is 4.55 Å². The third-order valence-electron chi connectivity index (χ3n) is 0.396. The molecule has 0 rings (SSSR count). The first-order chi connectivity index (χ1) is 4.16. The Labute approximate surface area is 103 Å². The normalized spacial score (nSPS) is 10.9. The van der Waals surface area contributed by atoms with Crippen molar-refractivity contribution >= 4 is 17.3 Å². The summed E-state index contributed by atoms with van der Waals surface area (Å²) in [6.45, 7) is 3.05. The van der Waals surface area contributed by atoms with Crippen LogP contribution < -0.4 is 56.9 Å². The summed E-state index contributed by atoms with van der Waals surface area (Å²) in [6, 6.07) is 0. The molecule has 0 heterocycles. The Bertz CT molecular complexity index is 149. The molecule has 0 saturated carbocycles. The minimum atomic E-state index is -2.72. The van der Waals surface area contributed by atoms with Crippen LogP contribution in [0, 0.1) is 0 Å². The average molecular weight is 189 g/mol. The Morgan fingerprint density at radius 3 is 2.60 bits per heavy atom. The van der Waals surface area contributed by atoms with Gasteiger partial charge in [-0.05, 0) is 6.08 Å². The van der Waals surface area contributed by atoms with Crippen molar-refractivity contribution in [2.24, 2.45) is 0 Å². The van der Waals surface area contributed by atoms with Crippen molar-refractivity contribution in [3.63, 3.8) is 0 Å². The number of hydrogen-bond donors (Lipinski definition) is 1. The molecule has 10 heavy (non-hydrogen) atoms. The zero-order chi connectivity index (χ0) is 7.28. The van der Waals surface area contributed by atoms with Crippen molar-refractivity contribution in [2.75, 3.05) is 0 Å². The Hall–Kier alpha value is 0.916. The van der Waals surface area contributed by atoms with E-state index < -0.39 is 17.3 Å².